The highest BCUT2D eigenvalue weighted by Crippen LogP contribution is 2.23. The van der Waals surface area contributed by atoms with Crippen molar-refractivity contribution in [2.24, 2.45) is 0 Å². The SMILES string of the molecule is CSCCC(NC(=O)C1CCCN1C(=O)C(Cc1c[nH]c2ccccc12)NC(=O)C1CCCN1)C(=O)O. The lowest BCUT2D eigenvalue weighted by Crippen LogP contribution is -2.57. The van der Waals surface area contributed by atoms with Crippen LogP contribution in [0.4, 0.5) is 0 Å². The second-order valence-electron chi connectivity index (χ2n) is 9.64. The molecule has 0 aliphatic carbocycles. The van der Waals surface area contributed by atoms with E-state index in [0.29, 0.717) is 38.0 Å². The van der Waals surface area contributed by atoms with Crippen molar-refractivity contribution < 1.29 is 24.3 Å². The maximum absolute atomic E-state index is 13.8. The molecule has 4 unspecified atom stereocenters. The molecule has 2 saturated heterocycles. The van der Waals surface area contributed by atoms with E-state index in [1.54, 1.807) is 0 Å². The Hall–Kier alpha value is -3.05. The van der Waals surface area contributed by atoms with Gasteiger partial charge >= 0.3 is 5.97 Å². The number of hydrogen-bond donors (Lipinski definition) is 5. The summed E-state index contributed by atoms with van der Waals surface area (Å²) in [7, 11) is 0. The van der Waals surface area contributed by atoms with Crippen LogP contribution in [-0.2, 0) is 25.6 Å². The highest BCUT2D eigenvalue weighted by atomic mass is 32.2. The van der Waals surface area contributed by atoms with Crippen LogP contribution in [0.25, 0.3) is 10.9 Å². The third-order valence-electron chi connectivity index (χ3n) is 7.15. The molecule has 3 amide bonds. The largest absolute Gasteiger partial charge is 0.480 e. The number of carbonyl (C=O) groups excluding carboxylic acids is 3. The predicted molar refractivity (Wildman–Crippen MR) is 142 cm³/mol. The molecule has 4 rings (SSSR count). The Morgan fingerprint density at radius 3 is 2.62 bits per heavy atom. The molecule has 3 heterocycles. The first kappa shape index (κ1) is 27.0. The van der Waals surface area contributed by atoms with Crippen molar-refractivity contribution in [2.75, 3.05) is 25.1 Å². The number of nitrogens with one attached hydrogen (secondary N) is 4. The fraction of sp³-hybridized carbons (Fsp3) is 0.538. The zero-order valence-corrected chi connectivity index (χ0v) is 21.8. The van der Waals surface area contributed by atoms with E-state index >= 15 is 0 Å². The number of fused-ring (bicyclic) bond motifs is 1. The van der Waals surface area contributed by atoms with E-state index in [0.717, 1.165) is 29.4 Å². The standard InChI is InChI=1S/C26H35N5O5S/c1-37-13-10-20(26(35)36)29-24(33)22-9-5-12-31(22)25(34)21(30-23(32)19-8-4-11-27-19)14-16-15-28-18-7-3-2-6-17(16)18/h2-3,6-7,15,19-22,27-28H,4-5,8-14H2,1H3,(H,29,33)(H,30,32)(H,35,36). The van der Waals surface area contributed by atoms with E-state index in [9.17, 15) is 24.3 Å². The summed E-state index contributed by atoms with van der Waals surface area (Å²) in [6, 6.07) is 4.80. The lowest BCUT2D eigenvalue weighted by Gasteiger charge is -2.30. The molecule has 0 radical (unpaired) electrons. The number of amides is 3. The highest BCUT2D eigenvalue weighted by Gasteiger charge is 2.39. The maximum atomic E-state index is 13.8. The number of rotatable bonds is 11. The fourth-order valence-corrected chi connectivity index (χ4v) is 5.64. The minimum absolute atomic E-state index is 0.223. The number of H-pyrrole nitrogens is 1. The van der Waals surface area contributed by atoms with E-state index in [2.05, 4.69) is 20.9 Å². The molecule has 5 N–H and O–H groups in total. The summed E-state index contributed by atoms with van der Waals surface area (Å²) in [4.78, 5) is 56.3. The van der Waals surface area contributed by atoms with Gasteiger partial charge in [-0.15, -0.1) is 0 Å². The first-order valence-corrected chi connectivity index (χ1v) is 14.2. The van der Waals surface area contributed by atoms with Crippen LogP contribution in [0.1, 0.15) is 37.7 Å². The van der Waals surface area contributed by atoms with Crippen LogP contribution in [0.15, 0.2) is 30.5 Å². The Morgan fingerprint density at radius 2 is 1.89 bits per heavy atom. The third-order valence-corrected chi connectivity index (χ3v) is 7.80. The summed E-state index contributed by atoms with van der Waals surface area (Å²) in [6.07, 6.45) is 6.99. The van der Waals surface area contributed by atoms with Crippen LogP contribution in [0.5, 0.6) is 0 Å². The number of hydrogen-bond acceptors (Lipinski definition) is 6. The molecular formula is C26H35N5O5S. The van der Waals surface area contributed by atoms with Crippen molar-refractivity contribution in [3.05, 3.63) is 36.0 Å². The lowest BCUT2D eigenvalue weighted by molar-refractivity contribution is -0.145. The molecular weight excluding hydrogens is 494 g/mol. The zero-order valence-electron chi connectivity index (χ0n) is 21.0. The number of para-hydroxylation sites is 1. The van der Waals surface area contributed by atoms with Gasteiger partial charge in [0.05, 0.1) is 6.04 Å². The molecule has 0 saturated carbocycles. The van der Waals surface area contributed by atoms with E-state index < -0.39 is 30.0 Å². The van der Waals surface area contributed by atoms with Gasteiger partial charge in [-0.25, -0.2) is 4.79 Å². The van der Waals surface area contributed by atoms with Gasteiger partial charge in [0.1, 0.15) is 18.1 Å². The van der Waals surface area contributed by atoms with Crippen LogP contribution in [-0.4, -0.2) is 87.9 Å². The first-order valence-electron chi connectivity index (χ1n) is 12.8. The summed E-state index contributed by atoms with van der Waals surface area (Å²) in [6.45, 7) is 1.14. The van der Waals surface area contributed by atoms with Gasteiger partial charge in [-0.05, 0) is 62.3 Å². The van der Waals surface area contributed by atoms with E-state index in [4.69, 9.17) is 0 Å². The second-order valence-corrected chi connectivity index (χ2v) is 10.6. The summed E-state index contributed by atoms with van der Waals surface area (Å²) in [5, 5.41) is 19.2. The number of nitrogens with zero attached hydrogens (tertiary/aromatic N) is 1. The van der Waals surface area contributed by atoms with Crippen molar-refractivity contribution >= 4 is 46.4 Å². The van der Waals surface area contributed by atoms with Crippen molar-refractivity contribution in [3.63, 3.8) is 0 Å². The topological polar surface area (TPSA) is 144 Å². The van der Waals surface area contributed by atoms with Gasteiger partial charge in [0.15, 0.2) is 0 Å². The van der Waals surface area contributed by atoms with Crippen molar-refractivity contribution in [2.45, 2.75) is 62.7 Å². The molecule has 1 aromatic heterocycles. The van der Waals surface area contributed by atoms with Crippen LogP contribution in [0.3, 0.4) is 0 Å². The van der Waals surface area contributed by atoms with E-state index in [1.165, 1.54) is 16.7 Å². The molecule has 2 aromatic rings. The van der Waals surface area contributed by atoms with Crippen LogP contribution >= 0.6 is 11.8 Å². The number of aliphatic carboxylic acids is 1. The number of carboxylic acids is 1. The minimum Gasteiger partial charge on any atom is -0.480 e. The van der Waals surface area contributed by atoms with Gasteiger partial charge in [-0.2, -0.15) is 11.8 Å². The fourth-order valence-electron chi connectivity index (χ4n) is 5.17. The quantitative estimate of drug-likeness (QED) is 0.295. The van der Waals surface area contributed by atoms with Gasteiger partial charge in [0.2, 0.25) is 17.7 Å². The number of likely N-dealkylation sites (tertiary alicyclic amines) is 1. The predicted octanol–water partition coefficient (Wildman–Crippen LogP) is 1.26. The Kier molecular flexibility index (Phi) is 9.09. The zero-order chi connectivity index (χ0) is 26.4. The number of benzene rings is 1. The molecule has 0 spiro atoms. The summed E-state index contributed by atoms with van der Waals surface area (Å²) in [5.41, 5.74) is 1.84. The lowest BCUT2D eigenvalue weighted by atomic mass is 10.0. The Labute approximate surface area is 220 Å². The van der Waals surface area contributed by atoms with Crippen LogP contribution in [0.2, 0.25) is 0 Å². The van der Waals surface area contributed by atoms with Crippen molar-refractivity contribution in [3.8, 4) is 0 Å². The molecule has 2 aliphatic rings. The molecule has 4 atom stereocenters. The summed E-state index contributed by atoms with van der Waals surface area (Å²) >= 11 is 1.51. The van der Waals surface area contributed by atoms with Gasteiger partial charge in [-0.1, -0.05) is 18.2 Å². The number of carbonyl (C=O) groups is 4. The van der Waals surface area contributed by atoms with E-state index in [-0.39, 0.29) is 24.3 Å². The van der Waals surface area contributed by atoms with Gasteiger partial charge in [0.25, 0.3) is 0 Å². The smallest absolute Gasteiger partial charge is 0.326 e. The molecule has 11 heteroatoms. The normalized spacial score (nSPS) is 21.1. The average Bonchev–Trinajstić information content (AvgIpc) is 3.66. The average molecular weight is 530 g/mol. The Bertz CT molecular complexity index is 1130. The molecule has 2 fully saturated rings. The summed E-state index contributed by atoms with van der Waals surface area (Å²) < 4.78 is 0. The molecule has 1 aromatic carbocycles. The Morgan fingerprint density at radius 1 is 1.11 bits per heavy atom. The number of aromatic amines is 1. The van der Waals surface area contributed by atoms with Gasteiger partial charge in [0, 0.05) is 30.1 Å². The molecule has 0 bridgehead atoms. The maximum Gasteiger partial charge on any atom is 0.326 e. The summed E-state index contributed by atoms with van der Waals surface area (Å²) in [5.74, 6) is -1.51. The third kappa shape index (κ3) is 6.45. The first-order chi connectivity index (χ1) is 17.9. The number of thioether (sulfide) groups is 1. The monoisotopic (exact) mass is 529 g/mol. The van der Waals surface area contributed by atoms with Crippen LogP contribution < -0.4 is 16.0 Å². The minimum atomic E-state index is -1.09. The molecule has 37 heavy (non-hydrogen) atoms. The van der Waals surface area contributed by atoms with Crippen molar-refractivity contribution in [1.29, 1.82) is 0 Å². The molecule has 200 valence electrons. The van der Waals surface area contributed by atoms with Crippen LogP contribution in [0, 0.1) is 0 Å². The molecule has 2 aliphatic heterocycles. The number of aromatic nitrogens is 1. The second kappa shape index (κ2) is 12.5. The number of carboxylic acid groups (broad SMARTS) is 1. The van der Waals surface area contributed by atoms with Gasteiger partial charge in [-0.3, -0.25) is 14.4 Å². The van der Waals surface area contributed by atoms with Gasteiger partial charge < -0.3 is 30.9 Å². The van der Waals surface area contributed by atoms with E-state index in [1.807, 2.05) is 36.7 Å². The van der Waals surface area contributed by atoms with Crippen molar-refractivity contribution in [1.82, 2.24) is 25.8 Å². The Balaban J connectivity index is 1.53. The highest BCUT2D eigenvalue weighted by molar-refractivity contribution is 7.98. The molecule has 10 nitrogen and oxygen atoms in total.